The number of oxime groups is 1. The molecule has 17 heteroatoms. The first-order chi connectivity index (χ1) is 30.3. The molecular weight excluding hydrogens is 851 g/mol. The van der Waals surface area contributed by atoms with E-state index in [-0.39, 0.29) is 71.2 Å². The zero-order valence-electron chi connectivity index (χ0n) is 40.0. The normalized spacial score (nSPS) is 21.9. The number of rotatable bonds is 15. The molecule has 352 valence electrons. The predicted octanol–water partition coefficient (Wildman–Crippen LogP) is 8.64. The first-order valence-corrected chi connectivity index (χ1v) is 23.1. The SMILES string of the molecule is COc1c(CC(NC(=O)/C(=N\OCc2ccccc2)c2csc(NC(=O)OC(C)(C)C)n2)B2OC3C[C@H]4C[C@@H](C4(C)C)[C@]3(C)O2)ccc(CCC(=O)OC(C)(C)C)c1C(=O)OC(C)(C)C. The molecule has 4 aliphatic rings. The molecule has 65 heavy (non-hydrogen) atoms. The molecule has 2 bridgehead atoms. The summed E-state index contributed by atoms with van der Waals surface area (Å²) in [5.41, 5.74) is -0.812. The summed E-state index contributed by atoms with van der Waals surface area (Å²) in [6.07, 6.45) is 1.16. The van der Waals surface area contributed by atoms with E-state index in [0.29, 0.717) is 17.0 Å². The summed E-state index contributed by atoms with van der Waals surface area (Å²) >= 11 is 1.09. The minimum atomic E-state index is -0.933. The van der Waals surface area contributed by atoms with E-state index in [2.05, 4.69) is 41.5 Å². The fourth-order valence-corrected chi connectivity index (χ4v) is 9.67. The van der Waals surface area contributed by atoms with E-state index in [1.54, 1.807) is 73.8 Å². The van der Waals surface area contributed by atoms with Crippen LogP contribution in [0.2, 0.25) is 0 Å². The molecule has 7 rings (SSSR count). The molecule has 3 saturated carbocycles. The van der Waals surface area contributed by atoms with Crippen LogP contribution in [0.5, 0.6) is 5.75 Å². The molecule has 0 radical (unpaired) electrons. The van der Waals surface area contributed by atoms with Crippen LogP contribution in [-0.4, -0.2) is 83.3 Å². The molecule has 2 unspecified atom stereocenters. The average molecular weight is 917 g/mol. The van der Waals surface area contributed by atoms with Crippen LogP contribution in [0.25, 0.3) is 0 Å². The van der Waals surface area contributed by atoms with Gasteiger partial charge in [-0.3, -0.25) is 14.9 Å². The van der Waals surface area contributed by atoms with Crippen molar-refractivity contribution in [3.63, 3.8) is 0 Å². The van der Waals surface area contributed by atoms with Crippen LogP contribution in [0.1, 0.15) is 135 Å². The Morgan fingerprint density at radius 2 is 1.57 bits per heavy atom. The Kier molecular flexibility index (Phi) is 14.5. The third kappa shape index (κ3) is 12.1. The number of esters is 2. The summed E-state index contributed by atoms with van der Waals surface area (Å²) in [5, 5.41) is 11.9. The standard InChI is InChI=1S/C48H65BN4O11S/c1-44(2,3)60-36(54)22-21-29-19-20-30(39(58-13)37(29)41(56)61-45(4,5)6)23-35(49-63-34-25-31-24-33(47(31,10)11)48(34,12)64-49)51-40(55)38(53-59-26-28-17-15-14-16-18-28)32-27-65-42(50-32)52-43(57)62-46(7,8)9/h14-20,27,31,33-35H,21-26H2,1-13H3,(H,51,55)(H,50,52,57)/b53-38-/t31-,33+,34?,35?,48+/m1/s1. The number of amides is 2. The second-order valence-corrected chi connectivity index (χ2v) is 21.7. The maximum atomic E-state index is 14.8. The van der Waals surface area contributed by atoms with Crippen molar-refractivity contribution in [1.29, 1.82) is 0 Å². The third-order valence-corrected chi connectivity index (χ3v) is 12.8. The van der Waals surface area contributed by atoms with Crippen LogP contribution < -0.4 is 15.4 Å². The van der Waals surface area contributed by atoms with Gasteiger partial charge in [0.25, 0.3) is 5.91 Å². The molecule has 1 saturated heterocycles. The Morgan fingerprint density at radius 3 is 2.20 bits per heavy atom. The highest BCUT2D eigenvalue weighted by Gasteiger charge is 2.68. The lowest BCUT2D eigenvalue weighted by atomic mass is 9.43. The molecule has 2 heterocycles. The van der Waals surface area contributed by atoms with Gasteiger partial charge < -0.3 is 38.4 Å². The molecule has 1 aliphatic heterocycles. The summed E-state index contributed by atoms with van der Waals surface area (Å²) in [4.78, 5) is 64.7. The lowest BCUT2D eigenvalue weighted by Crippen LogP contribution is -2.65. The predicted molar refractivity (Wildman–Crippen MR) is 248 cm³/mol. The molecule has 15 nitrogen and oxygen atoms in total. The maximum Gasteiger partial charge on any atom is 0.482 e. The van der Waals surface area contributed by atoms with Gasteiger partial charge in [0.15, 0.2) is 10.8 Å². The number of carbonyl (C=O) groups excluding carboxylic acids is 4. The molecule has 2 N–H and O–H groups in total. The zero-order chi connectivity index (χ0) is 47.7. The first-order valence-electron chi connectivity index (χ1n) is 22.2. The minimum Gasteiger partial charge on any atom is -0.496 e. The number of nitrogens with one attached hydrogen (secondary N) is 2. The van der Waals surface area contributed by atoms with E-state index < -0.39 is 59.4 Å². The molecule has 3 aliphatic carbocycles. The van der Waals surface area contributed by atoms with Crippen LogP contribution >= 0.6 is 11.3 Å². The van der Waals surface area contributed by atoms with Crippen molar-refractivity contribution in [1.82, 2.24) is 10.3 Å². The number of hydrogen-bond acceptors (Lipinski definition) is 14. The second kappa shape index (κ2) is 19.1. The molecule has 1 aromatic heterocycles. The Morgan fingerprint density at radius 1 is 0.908 bits per heavy atom. The number of benzene rings is 2. The number of hydrogen-bond donors (Lipinski definition) is 2. The smallest absolute Gasteiger partial charge is 0.482 e. The number of ether oxygens (including phenoxy) is 4. The molecule has 2 amide bonds. The van der Waals surface area contributed by atoms with E-state index in [1.165, 1.54) is 7.11 Å². The van der Waals surface area contributed by atoms with Gasteiger partial charge in [0, 0.05) is 11.8 Å². The fourth-order valence-electron chi connectivity index (χ4n) is 8.99. The summed E-state index contributed by atoms with van der Waals surface area (Å²) < 4.78 is 36.7. The maximum absolute atomic E-state index is 14.8. The number of carbonyl (C=O) groups is 4. The van der Waals surface area contributed by atoms with E-state index in [1.807, 2.05) is 36.4 Å². The van der Waals surface area contributed by atoms with E-state index in [4.69, 9.17) is 33.1 Å². The van der Waals surface area contributed by atoms with Crippen LogP contribution in [0.4, 0.5) is 9.93 Å². The van der Waals surface area contributed by atoms with Gasteiger partial charge in [0.1, 0.15) is 40.4 Å². The second-order valence-electron chi connectivity index (χ2n) is 20.9. The topological polar surface area (TPSA) is 182 Å². The van der Waals surface area contributed by atoms with Gasteiger partial charge in [-0.1, -0.05) is 61.5 Å². The van der Waals surface area contributed by atoms with Crippen molar-refractivity contribution in [3.8, 4) is 5.75 Å². The quantitative estimate of drug-likeness (QED) is 0.0488. The monoisotopic (exact) mass is 916 g/mol. The summed E-state index contributed by atoms with van der Waals surface area (Å²) in [6, 6.07) is 13.0. The third-order valence-electron chi connectivity index (χ3n) is 12.0. The Balaban J connectivity index is 1.37. The van der Waals surface area contributed by atoms with Gasteiger partial charge in [0.05, 0.1) is 24.8 Å². The molecular formula is C48H65BN4O11S. The Bertz CT molecular complexity index is 2260. The largest absolute Gasteiger partial charge is 0.496 e. The Hall–Kier alpha value is -5.00. The number of anilines is 1. The van der Waals surface area contributed by atoms with Gasteiger partial charge in [0.2, 0.25) is 0 Å². The first kappa shape index (κ1) is 49.4. The van der Waals surface area contributed by atoms with E-state index in [9.17, 15) is 19.2 Å². The lowest BCUT2D eigenvalue weighted by molar-refractivity contribution is -0.199. The number of thiazole rings is 1. The zero-order valence-corrected chi connectivity index (χ0v) is 40.9. The highest BCUT2D eigenvalue weighted by Crippen LogP contribution is 2.65. The van der Waals surface area contributed by atoms with Crippen LogP contribution in [-0.2, 0) is 57.4 Å². The molecule has 0 spiro atoms. The number of nitrogens with zero attached hydrogens (tertiary/aromatic N) is 2. The molecule has 5 atom stereocenters. The fraction of sp³-hybridized carbons (Fsp3) is 0.583. The van der Waals surface area contributed by atoms with Crippen molar-refractivity contribution in [2.75, 3.05) is 12.4 Å². The van der Waals surface area contributed by atoms with Gasteiger partial charge in [-0.05, 0) is 129 Å². The minimum absolute atomic E-state index is 0.0105. The number of aryl methyl sites for hydroxylation is 1. The van der Waals surface area contributed by atoms with Gasteiger partial charge >= 0.3 is 25.2 Å². The van der Waals surface area contributed by atoms with E-state index in [0.717, 1.165) is 29.7 Å². The summed E-state index contributed by atoms with van der Waals surface area (Å²) in [7, 11) is 0.530. The highest BCUT2D eigenvalue weighted by molar-refractivity contribution is 7.14. The molecule has 2 aromatic carbocycles. The Labute approximate surface area is 387 Å². The number of methoxy groups -OCH3 is 1. The molecule has 4 fully saturated rings. The van der Waals surface area contributed by atoms with Crippen LogP contribution in [0.15, 0.2) is 53.0 Å². The summed E-state index contributed by atoms with van der Waals surface area (Å²) in [5.74, 6) is -1.66. The van der Waals surface area contributed by atoms with Crippen molar-refractivity contribution in [3.05, 3.63) is 75.8 Å². The highest BCUT2D eigenvalue weighted by atomic mass is 32.1. The lowest BCUT2D eigenvalue weighted by Gasteiger charge is -2.64. The number of aromatic nitrogens is 1. The van der Waals surface area contributed by atoms with Crippen molar-refractivity contribution < 1.29 is 52.3 Å². The van der Waals surface area contributed by atoms with E-state index >= 15 is 0 Å². The summed E-state index contributed by atoms with van der Waals surface area (Å²) in [6.45, 7) is 22.7. The van der Waals surface area contributed by atoms with Gasteiger partial charge in [-0.15, -0.1) is 11.3 Å². The van der Waals surface area contributed by atoms with Crippen molar-refractivity contribution in [2.24, 2.45) is 22.4 Å². The van der Waals surface area contributed by atoms with Crippen molar-refractivity contribution >= 4 is 53.2 Å². The van der Waals surface area contributed by atoms with Gasteiger partial charge in [-0.2, -0.15) is 0 Å². The van der Waals surface area contributed by atoms with Crippen LogP contribution in [0, 0.1) is 17.3 Å². The average Bonchev–Trinajstić information content (AvgIpc) is 3.80. The van der Waals surface area contributed by atoms with Crippen LogP contribution in [0.3, 0.4) is 0 Å². The van der Waals surface area contributed by atoms with Crippen molar-refractivity contribution in [2.45, 2.75) is 156 Å². The van der Waals surface area contributed by atoms with Gasteiger partial charge in [-0.25, -0.2) is 14.6 Å². The molecule has 3 aromatic rings.